The number of para-hydroxylation sites is 4. The highest BCUT2D eigenvalue weighted by Gasteiger charge is 2.05. The van der Waals surface area contributed by atoms with Crippen molar-refractivity contribution < 1.29 is 0 Å². The van der Waals surface area contributed by atoms with Gasteiger partial charge in [-0.05, 0) is 30.2 Å². The van der Waals surface area contributed by atoms with Crippen molar-refractivity contribution in [1.29, 1.82) is 0 Å². The number of aromatic nitrogens is 2. The Morgan fingerprint density at radius 2 is 0.964 bits per heavy atom. The number of hydrogen-bond donors (Lipinski definition) is 2. The molecule has 2 heterocycles. The summed E-state index contributed by atoms with van der Waals surface area (Å²) in [5, 5.41) is 5.27. The lowest BCUT2D eigenvalue weighted by molar-refractivity contribution is 1.15. The number of rotatable bonds is 1. The molecule has 4 aromatic carbocycles. The molecule has 2 heteroatoms. The molecule has 0 radical (unpaired) electrons. The van der Waals surface area contributed by atoms with Gasteiger partial charge in [-0.3, -0.25) is 0 Å². The summed E-state index contributed by atoms with van der Waals surface area (Å²) in [6, 6.07) is 31.8. The standard InChI is InChI=1S/C14H13N.C12H9N/c1-2-10-6-5-8-12-11-7-3-4-9-13(11)15-14(10)12;1-3-7-11-9(5-1)10-6-2-4-8-12(10)13-11/h3-9,15H,2H2,1H3;1-8,13H. The van der Waals surface area contributed by atoms with E-state index in [4.69, 9.17) is 0 Å². The molecule has 6 aromatic rings. The van der Waals surface area contributed by atoms with Crippen LogP contribution in [-0.2, 0) is 6.42 Å². The molecule has 0 spiro atoms. The van der Waals surface area contributed by atoms with E-state index in [0.717, 1.165) is 6.42 Å². The zero-order chi connectivity index (χ0) is 18.9. The van der Waals surface area contributed by atoms with Crippen LogP contribution in [0.25, 0.3) is 43.6 Å². The number of hydrogen-bond acceptors (Lipinski definition) is 0. The summed E-state index contributed by atoms with van der Waals surface area (Å²) in [6.07, 6.45) is 1.07. The fourth-order valence-electron chi connectivity index (χ4n) is 4.03. The summed E-state index contributed by atoms with van der Waals surface area (Å²) in [5.41, 5.74) is 6.34. The van der Waals surface area contributed by atoms with Crippen molar-refractivity contribution in [3.63, 3.8) is 0 Å². The zero-order valence-electron chi connectivity index (χ0n) is 15.9. The van der Waals surface area contributed by atoms with Gasteiger partial charge in [-0.1, -0.05) is 79.7 Å². The molecular weight excluding hydrogens is 340 g/mol. The SMILES string of the molecule is CCc1cccc2c1[nH]c1ccccc12.c1ccc2c(c1)[nH]c1ccccc12. The van der Waals surface area contributed by atoms with E-state index in [0.29, 0.717) is 0 Å². The van der Waals surface area contributed by atoms with Gasteiger partial charge in [0.2, 0.25) is 0 Å². The van der Waals surface area contributed by atoms with Gasteiger partial charge in [-0.2, -0.15) is 0 Å². The van der Waals surface area contributed by atoms with Crippen molar-refractivity contribution in [3.05, 3.63) is 96.6 Å². The van der Waals surface area contributed by atoms with Crippen molar-refractivity contribution >= 4 is 43.6 Å². The van der Waals surface area contributed by atoms with Gasteiger partial charge in [0.25, 0.3) is 0 Å². The predicted molar refractivity (Wildman–Crippen MR) is 121 cm³/mol. The second kappa shape index (κ2) is 6.90. The molecule has 2 aromatic heterocycles. The van der Waals surface area contributed by atoms with Crippen molar-refractivity contribution in [1.82, 2.24) is 9.97 Å². The Hall–Kier alpha value is -3.52. The molecule has 28 heavy (non-hydrogen) atoms. The largest absolute Gasteiger partial charge is 0.355 e. The van der Waals surface area contributed by atoms with E-state index in [-0.39, 0.29) is 0 Å². The number of benzene rings is 4. The molecule has 0 saturated heterocycles. The zero-order valence-corrected chi connectivity index (χ0v) is 15.9. The van der Waals surface area contributed by atoms with Crippen LogP contribution >= 0.6 is 0 Å². The van der Waals surface area contributed by atoms with Crippen LogP contribution in [0.3, 0.4) is 0 Å². The predicted octanol–water partition coefficient (Wildman–Crippen LogP) is 7.20. The molecular formula is C26H22N2. The maximum absolute atomic E-state index is 3.50. The van der Waals surface area contributed by atoms with Crippen molar-refractivity contribution in [3.8, 4) is 0 Å². The molecule has 0 amide bonds. The molecule has 0 aliphatic heterocycles. The number of fused-ring (bicyclic) bond motifs is 6. The van der Waals surface area contributed by atoms with Crippen LogP contribution < -0.4 is 0 Å². The van der Waals surface area contributed by atoms with Crippen LogP contribution in [0.4, 0.5) is 0 Å². The molecule has 0 saturated carbocycles. The normalized spacial score (nSPS) is 11.2. The first kappa shape index (κ1) is 16.6. The second-order valence-electron chi connectivity index (χ2n) is 7.08. The summed E-state index contributed by atoms with van der Waals surface area (Å²) >= 11 is 0. The quantitative estimate of drug-likeness (QED) is 0.310. The monoisotopic (exact) mass is 362 g/mol. The first-order chi connectivity index (χ1) is 13.8. The van der Waals surface area contributed by atoms with Crippen molar-refractivity contribution in [2.24, 2.45) is 0 Å². The lowest BCUT2D eigenvalue weighted by atomic mass is 10.1. The van der Waals surface area contributed by atoms with Gasteiger partial charge in [0.15, 0.2) is 0 Å². The maximum Gasteiger partial charge on any atom is 0.0497 e. The third-order valence-corrected chi connectivity index (χ3v) is 5.42. The Labute approximate surface area is 163 Å². The van der Waals surface area contributed by atoms with Gasteiger partial charge >= 0.3 is 0 Å². The average molecular weight is 362 g/mol. The number of H-pyrrole nitrogens is 2. The molecule has 0 fully saturated rings. The van der Waals surface area contributed by atoms with E-state index in [2.05, 4.69) is 108 Å². The van der Waals surface area contributed by atoms with Crippen molar-refractivity contribution in [2.45, 2.75) is 13.3 Å². The minimum absolute atomic E-state index is 1.07. The molecule has 0 atom stereocenters. The molecule has 0 aliphatic carbocycles. The van der Waals surface area contributed by atoms with E-state index < -0.39 is 0 Å². The molecule has 0 bridgehead atoms. The third-order valence-electron chi connectivity index (χ3n) is 5.42. The fraction of sp³-hybridized carbons (Fsp3) is 0.0769. The van der Waals surface area contributed by atoms with Gasteiger partial charge in [-0.15, -0.1) is 0 Å². The van der Waals surface area contributed by atoms with Crippen LogP contribution in [0, 0.1) is 0 Å². The maximum atomic E-state index is 3.50. The summed E-state index contributed by atoms with van der Waals surface area (Å²) in [7, 11) is 0. The minimum atomic E-state index is 1.07. The Balaban J connectivity index is 0.000000123. The highest BCUT2D eigenvalue weighted by atomic mass is 14.7. The lowest BCUT2D eigenvalue weighted by Gasteiger charge is -1.97. The van der Waals surface area contributed by atoms with E-state index in [1.165, 1.54) is 49.2 Å². The van der Waals surface area contributed by atoms with Gasteiger partial charge in [0.05, 0.1) is 0 Å². The van der Waals surface area contributed by atoms with Crippen molar-refractivity contribution in [2.75, 3.05) is 0 Å². The molecule has 6 rings (SSSR count). The van der Waals surface area contributed by atoms with E-state index in [9.17, 15) is 0 Å². The van der Waals surface area contributed by atoms with E-state index in [1.807, 2.05) is 0 Å². The Morgan fingerprint density at radius 3 is 1.54 bits per heavy atom. The lowest BCUT2D eigenvalue weighted by Crippen LogP contribution is -1.80. The highest BCUT2D eigenvalue weighted by molar-refractivity contribution is 6.08. The Morgan fingerprint density at radius 1 is 0.500 bits per heavy atom. The summed E-state index contributed by atoms with van der Waals surface area (Å²) in [6.45, 7) is 2.19. The first-order valence-corrected chi connectivity index (χ1v) is 9.79. The van der Waals surface area contributed by atoms with Gasteiger partial charge in [0, 0.05) is 43.6 Å². The Bertz CT molecular complexity index is 1350. The third kappa shape index (κ3) is 2.74. The second-order valence-corrected chi connectivity index (χ2v) is 7.08. The average Bonchev–Trinajstić information content (AvgIpc) is 3.32. The van der Waals surface area contributed by atoms with E-state index in [1.54, 1.807) is 0 Å². The number of aryl methyl sites for hydroxylation is 1. The van der Waals surface area contributed by atoms with E-state index >= 15 is 0 Å². The number of nitrogens with one attached hydrogen (secondary N) is 2. The van der Waals surface area contributed by atoms with Crippen LogP contribution in [0.15, 0.2) is 91.0 Å². The van der Waals surface area contributed by atoms with Gasteiger partial charge < -0.3 is 9.97 Å². The molecule has 136 valence electrons. The molecule has 2 nitrogen and oxygen atoms in total. The molecule has 0 unspecified atom stereocenters. The van der Waals surface area contributed by atoms with Crippen LogP contribution in [0.1, 0.15) is 12.5 Å². The van der Waals surface area contributed by atoms with Gasteiger partial charge in [0.1, 0.15) is 0 Å². The molecule has 2 N–H and O–H groups in total. The summed E-state index contributed by atoms with van der Waals surface area (Å²) in [4.78, 5) is 6.88. The summed E-state index contributed by atoms with van der Waals surface area (Å²) in [5.74, 6) is 0. The first-order valence-electron chi connectivity index (χ1n) is 9.79. The summed E-state index contributed by atoms with van der Waals surface area (Å²) < 4.78 is 0. The highest BCUT2D eigenvalue weighted by Crippen LogP contribution is 2.27. The smallest absolute Gasteiger partial charge is 0.0497 e. The molecule has 0 aliphatic rings. The van der Waals surface area contributed by atoms with Gasteiger partial charge in [-0.25, -0.2) is 0 Å². The number of aromatic amines is 2. The minimum Gasteiger partial charge on any atom is -0.355 e. The van der Waals surface area contributed by atoms with Crippen LogP contribution in [0.2, 0.25) is 0 Å². The van der Waals surface area contributed by atoms with Crippen LogP contribution in [-0.4, -0.2) is 9.97 Å². The topological polar surface area (TPSA) is 31.6 Å². The van der Waals surface area contributed by atoms with Crippen LogP contribution in [0.5, 0.6) is 0 Å². The Kier molecular flexibility index (Phi) is 4.10. The fourth-order valence-corrected chi connectivity index (χ4v) is 4.03.